The van der Waals surface area contributed by atoms with Crippen molar-refractivity contribution >= 4 is 5.95 Å². The van der Waals surface area contributed by atoms with Crippen molar-refractivity contribution in [3.05, 3.63) is 61.3 Å². The lowest BCUT2D eigenvalue weighted by atomic mass is 10.2. The van der Waals surface area contributed by atoms with Crippen LogP contribution in [0.4, 0.5) is 5.95 Å². The predicted octanol–water partition coefficient (Wildman–Crippen LogP) is 2.81. The van der Waals surface area contributed by atoms with E-state index in [0.29, 0.717) is 12.5 Å². The van der Waals surface area contributed by atoms with Crippen molar-refractivity contribution in [1.82, 2.24) is 19.9 Å². The Labute approximate surface area is 134 Å². The molecule has 1 atom stereocenters. The molecule has 1 N–H and O–H groups in total. The van der Waals surface area contributed by atoms with Crippen LogP contribution in [0.5, 0.6) is 5.75 Å². The highest BCUT2D eigenvalue weighted by molar-refractivity contribution is 5.58. The highest BCUT2D eigenvalue weighted by atomic mass is 16.5. The monoisotopic (exact) mass is 307 g/mol. The number of anilines is 1. The summed E-state index contributed by atoms with van der Waals surface area (Å²) in [6.07, 6.45) is 8.61. The van der Waals surface area contributed by atoms with E-state index < -0.39 is 0 Å². The van der Waals surface area contributed by atoms with Gasteiger partial charge in [0.25, 0.3) is 0 Å². The van der Waals surface area contributed by atoms with Gasteiger partial charge < -0.3 is 10.1 Å². The average molecular weight is 307 g/mol. The SMILES string of the molecule is C[C@@H](CNc1nccc(-c2cccnc2)n1)Oc1cccnc1. The van der Waals surface area contributed by atoms with Crippen LogP contribution in [0.2, 0.25) is 0 Å². The number of aromatic nitrogens is 4. The van der Waals surface area contributed by atoms with E-state index in [9.17, 15) is 0 Å². The number of nitrogens with zero attached hydrogens (tertiary/aromatic N) is 4. The molecule has 6 nitrogen and oxygen atoms in total. The molecule has 0 amide bonds. The van der Waals surface area contributed by atoms with Crippen LogP contribution in [0.15, 0.2) is 61.3 Å². The van der Waals surface area contributed by atoms with E-state index >= 15 is 0 Å². The van der Waals surface area contributed by atoms with Gasteiger partial charge in [-0.3, -0.25) is 9.97 Å². The van der Waals surface area contributed by atoms with Gasteiger partial charge in [0.2, 0.25) is 5.95 Å². The molecule has 3 aromatic heterocycles. The summed E-state index contributed by atoms with van der Waals surface area (Å²) < 4.78 is 5.76. The minimum absolute atomic E-state index is 0.0372. The van der Waals surface area contributed by atoms with Gasteiger partial charge in [-0.05, 0) is 37.3 Å². The molecule has 116 valence electrons. The minimum Gasteiger partial charge on any atom is -0.487 e. The second-order valence-electron chi connectivity index (χ2n) is 5.01. The van der Waals surface area contributed by atoms with E-state index in [-0.39, 0.29) is 6.10 Å². The van der Waals surface area contributed by atoms with Crippen molar-refractivity contribution in [2.24, 2.45) is 0 Å². The molecule has 0 aliphatic heterocycles. The lowest BCUT2D eigenvalue weighted by molar-refractivity contribution is 0.233. The van der Waals surface area contributed by atoms with Crippen LogP contribution in [-0.4, -0.2) is 32.6 Å². The third kappa shape index (κ3) is 4.23. The summed E-state index contributed by atoms with van der Waals surface area (Å²) in [5, 5.41) is 3.19. The van der Waals surface area contributed by atoms with E-state index in [4.69, 9.17) is 4.74 Å². The smallest absolute Gasteiger partial charge is 0.223 e. The first-order valence-electron chi connectivity index (χ1n) is 7.35. The summed E-state index contributed by atoms with van der Waals surface area (Å²) in [6.45, 7) is 2.57. The Kier molecular flexibility index (Phi) is 4.73. The van der Waals surface area contributed by atoms with Crippen LogP contribution in [0.1, 0.15) is 6.92 Å². The van der Waals surface area contributed by atoms with Crippen LogP contribution in [-0.2, 0) is 0 Å². The zero-order chi connectivity index (χ0) is 15.9. The maximum atomic E-state index is 5.76. The largest absolute Gasteiger partial charge is 0.487 e. The third-order valence-corrected chi connectivity index (χ3v) is 3.13. The molecule has 0 aromatic carbocycles. The summed E-state index contributed by atoms with van der Waals surface area (Å²) >= 11 is 0. The van der Waals surface area contributed by atoms with Gasteiger partial charge in [-0.25, -0.2) is 9.97 Å². The number of pyridine rings is 2. The van der Waals surface area contributed by atoms with E-state index in [2.05, 4.69) is 25.3 Å². The summed E-state index contributed by atoms with van der Waals surface area (Å²) in [7, 11) is 0. The summed E-state index contributed by atoms with van der Waals surface area (Å²) in [6, 6.07) is 9.43. The number of rotatable bonds is 6. The van der Waals surface area contributed by atoms with Gasteiger partial charge in [-0.15, -0.1) is 0 Å². The molecule has 0 saturated carbocycles. The van der Waals surface area contributed by atoms with E-state index in [1.165, 1.54) is 0 Å². The van der Waals surface area contributed by atoms with Gasteiger partial charge in [0.05, 0.1) is 18.4 Å². The Morgan fingerprint density at radius 2 is 1.87 bits per heavy atom. The molecule has 3 rings (SSSR count). The normalized spacial score (nSPS) is 11.7. The number of hydrogen-bond acceptors (Lipinski definition) is 6. The Morgan fingerprint density at radius 1 is 1.04 bits per heavy atom. The first-order chi connectivity index (χ1) is 11.3. The van der Waals surface area contributed by atoms with E-state index in [0.717, 1.165) is 17.0 Å². The fraction of sp³-hybridized carbons (Fsp3) is 0.176. The fourth-order valence-corrected chi connectivity index (χ4v) is 2.04. The maximum absolute atomic E-state index is 5.76. The Hall–Kier alpha value is -3.02. The molecular formula is C17H17N5O. The highest BCUT2D eigenvalue weighted by Crippen LogP contribution is 2.16. The topological polar surface area (TPSA) is 72.8 Å². The Balaban J connectivity index is 1.60. The standard InChI is InChI=1S/C17H17N5O/c1-13(23-15-5-3-8-19-12-15)10-21-17-20-9-6-16(22-17)14-4-2-7-18-11-14/h2-9,11-13H,10H2,1H3,(H,20,21,22)/t13-/m0/s1. The summed E-state index contributed by atoms with van der Waals surface area (Å²) in [5.41, 5.74) is 1.79. The van der Waals surface area contributed by atoms with Crippen molar-refractivity contribution in [1.29, 1.82) is 0 Å². The van der Waals surface area contributed by atoms with Gasteiger partial charge in [-0.2, -0.15) is 0 Å². The number of ether oxygens (including phenoxy) is 1. The van der Waals surface area contributed by atoms with Crippen LogP contribution in [0, 0.1) is 0 Å². The second-order valence-corrected chi connectivity index (χ2v) is 5.01. The van der Waals surface area contributed by atoms with E-state index in [1.54, 1.807) is 31.0 Å². The van der Waals surface area contributed by atoms with Gasteiger partial charge in [0.1, 0.15) is 11.9 Å². The molecule has 0 radical (unpaired) electrons. The zero-order valence-electron chi connectivity index (χ0n) is 12.8. The summed E-state index contributed by atoms with van der Waals surface area (Å²) in [4.78, 5) is 16.9. The molecule has 23 heavy (non-hydrogen) atoms. The van der Waals surface area contributed by atoms with Crippen molar-refractivity contribution in [2.45, 2.75) is 13.0 Å². The molecule has 0 unspecified atom stereocenters. The number of nitrogens with one attached hydrogen (secondary N) is 1. The first-order valence-corrected chi connectivity index (χ1v) is 7.35. The zero-order valence-corrected chi connectivity index (χ0v) is 12.8. The molecule has 0 bridgehead atoms. The fourth-order valence-electron chi connectivity index (χ4n) is 2.04. The van der Waals surface area contributed by atoms with Gasteiger partial charge in [0, 0.05) is 30.4 Å². The first kappa shape index (κ1) is 14.9. The van der Waals surface area contributed by atoms with E-state index in [1.807, 2.05) is 37.3 Å². The third-order valence-electron chi connectivity index (χ3n) is 3.13. The van der Waals surface area contributed by atoms with Gasteiger partial charge >= 0.3 is 0 Å². The molecule has 0 fully saturated rings. The van der Waals surface area contributed by atoms with Gasteiger partial charge in [-0.1, -0.05) is 0 Å². The highest BCUT2D eigenvalue weighted by Gasteiger charge is 2.06. The average Bonchev–Trinajstić information content (AvgIpc) is 2.62. The van der Waals surface area contributed by atoms with Gasteiger partial charge in [0.15, 0.2) is 0 Å². The van der Waals surface area contributed by atoms with Crippen LogP contribution >= 0.6 is 0 Å². The molecule has 0 saturated heterocycles. The lowest BCUT2D eigenvalue weighted by Gasteiger charge is -2.15. The van der Waals surface area contributed by atoms with Crippen LogP contribution in [0.3, 0.4) is 0 Å². The molecule has 0 spiro atoms. The second kappa shape index (κ2) is 7.31. The van der Waals surface area contributed by atoms with Crippen LogP contribution < -0.4 is 10.1 Å². The molecular weight excluding hydrogens is 290 g/mol. The Morgan fingerprint density at radius 3 is 2.61 bits per heavy atom. The van der Waals surface area contributed by atoms with Crippen molar-refractivity contribution in [2.75, 3.05) is 11.9 Å². The minimum atomic E-state index is -0.0372. The molecule has 3 heterocycles. The summed E-state index contributed by atoms with van der Waals surface area (Å²) in [5.74, 6) is 1.31. The Bertz CT molecular complexity index is 736. The van der Waals surface area contributed by atoms with Crippen molar-refractivity contribution in [3.8, 4) is 17.0 Å². The lowest BCUT2D eigenvalue weighted by Crippen LogP contribution is -2.23. The molecule has 0 aliphatic rings. The number of hydrogen-bond donors (Lipinski definition) is 1. The molecule has 0 aliphatic carbocycles. The quantitative estimate of drug-likeness (QED) is 0.755. The van der Waals surface area contributed by atoms with Crippen molar-refractivity contribution < 1.29 is 4.74 Å². The molecule has 3 aromatic rings. The molecule has 6 heteroatoms. The van der Waals surface area contributed by atoms with Crippen LogP contribution in [0.25, 0.3) is 11.3 Å². The van der Waals surface area contributed by atoms with Crippen molar-refractivity contribution in [3.63, 3.8) is 0 Å². The predicted molar refractivity (Wildman–Crippen MR) is 88.1 cm³/mol. The maximum Gasteiger partial charge on any atom is 0.223 e.